The van der Waals surface area contributed by atoms with Crippen LogP contribution in [0.25, 0.3) is 0 Å². The van der Waals surface area contributed by atoms with Crippen LogP contribution in [0.5, 0.6) is 0 Å². The molecule has 0 fully saturated rings. The van der Waals surface area contributed by atoms with Gasteiger partial charge in [-0.05, 0) is 24.5 Å². The quantitative estimate of drug-likeness (QED) is 0.355. The summed E-state index contributed by atoms with van der Waals surface area (Å²) in [6, 6.07) is 1.55. The summed E-state index contributed by atoms with van der Waals surface area (Å²) in [6.07, 6.45) is 3.28. The molecule has 0 unspecified atom stereocenters. The highest BCUT2D eigenvalue weighted by molar-refractivity contribution is 5.97. The number of hydroxylamine groups is 2. The molecule has 2 N–H and O–H groups in total. The van der Waals surface area contributed by atoms with Crippen LogP contribution in [0.3, 0.4) is 0 Å². The normalized spacial score (nSPS) is 13.2. The minimum atomic E-state index is -0.809. The van der Waals surface area contributed by atoms with Gasteiger partial charge in [0.1, 0.15) is 11.5 Å². The second-order valence-corrected chi connectivity index (χ2v) is 6.53. The van der Waals surface area contributed by atoms with E-state index in [9.17, 15) is 24.0 Å². The first-order valence-electron chi connectivity index (χ1n) is 8.67. The number of pyridine rings is 1. The van der Waals surface area contributed by atoms with Gasteiger partial charge in [0.2, 0.25) is 6.41 Å². The number of hydrogen-bond acceptors (Lipinski definition) is 5. The number of nitrogens with zero attached hydrogens (tertiary/aromatic N) is 2. The number of hydrogen-bond donors (Lipinski definition) is 2. The Kier molecular flexibility index (Phi) is 8.84. The predicted molar refractivity (Wildman–Crippen MR) is 92.9 cm³/mol. The lowest BCUT2D eigenvalue weighted by molar-refractivity contribution is -0.154. The van der Waals surface area contributed by atoms with E-state index in [1.165, 1.54) is 6.07 Å². The van der Waals surface area contributed by atoms with Crippen molar-refractivity contribution in [3.8, 4) is 0 Å². The minimum absolute atomic E-state index is 0.00614. The second kappa shape index (κ2) is 10.6. The van der Waals surface area contributed by atoms with Crippen LogP contribution in [0.1, 0.15) is 50.5 Å². The Morgan fingerprint density at radius 3 is 2.58 bits per heavy atom. The van der Waals surface area contributed by atoms with E-state index in [1.54, 1.807) is 13.8 Å². The smallest absolute Gasteiger partial charge is 0.270 e. The molecule has 0 saturated heterocycles. The Morgan fingerprint density at radius 1 is 1.38 bits per heavy atom. The molecule has 2 atom stereocenters. The largest absolute Gasteiger partial charge is 0.341 e. The van der Waals surface area contributed by atoms with Gasteiger partial charge in [0, 0.05) is 5.92 Å². The molecule has 7 nitrogen and oxygen atoms in total. The second-order valence-electron chi connectivity index (χ2n) is 6.53. The molecular weight excluding hydrogens is 341 g/mol. The van der Waals surface area contributed by atoms with E-state index in [0.717, 1.165) is 25.1 Å². The van der Waals surface area contributed by atoms with E-state index < -0.39 is 23.7 Å². The number of amides is 2. The van der Waals surface area contributed by atoms with Crippen molar-refractivity contribution in [1.29, 1.82) is 0 Å². The van der Waals surface area contributed by atoms with Crippen LogP contribution in [-0.2, 0) is 9.59 Å². The van der Waals surface area contributed by atoms with Crippen molar-refractivity contribution in [2.24, 2.45) is 11.8 Å². The van der Waals surface area contributed by atoms with Crippen LogP contribution in [0.15, 0.2) is 18.3 Å². The highest BCUT2D eigenvalue weighted by Gasteiger charge is 2.31. The van der Waals surface area contributed by atoms with Gasteiger partial charge in [0.25, 0.3) is 5.91 Å². The summed E-state index contributed by atoms with van der Waals surface area (Å²) >= 11 is 0. The van der Waals surface area contributed by atoms with Crippen molar-refractivity contribution >= 4 is 18.1 Å². The van der Waals surface area contributed by atoms with E-state index >= 15 is 0 Å². The lowest BCUT2D eigenvalue weighted by atomic mass is 9.87. The van der Waals surface area contributed by atoms with Gasteiger partial charge in [-0.2, -0.15) is 0 Å². The van der Waals surface area contributed by atoms with E-state index in [2.05, 4.69) is 10.3 Å². The summed E-state index contributed by atoms with van der Waals surface area (Å²) in [5.41, 5.74) is 0.00614. The SMILES string of the molecule is CCCC[C@H](CN(O)C=O)C(=O)[C@@H](NC(=O)c1ccc(F)cn1)C(C)C. The van der Waals surface area contributed by atoms with E-state index in [4.69, 9.17) is 0 Å². The first-order chi connectivity index (χ1) is 12.3. The standard InChI is InChI=1S/C18H26FN3O4/c1-4-5-6-13(10-22(26)11-23)17(24)16(12(2)3)21-18(25)15-8-7-14(19)9-20-15/h7-9,11-13,16,26H,4-6,10H2,1-3H3,(H,21,25)/t13-,16+/m1/s1. The predicted octanol–water partition coefficient (Wildman–Crippen LogP) is 2.20. The average Bonchev–Trinajstić information content (AvgIpc) is 2.62. The fraction of sp³-hybridized carbons (Fsp3) is 0.556. The van der Waals surface area contributed by atoms with Crippen molar-refractivity contribution in [1.82, 2.24) is 15.4 Å². The van der Waals surface area contributed by atoms with Gasteiger partial charge in [-0.1, -0.05) is 33.6 Å². The molecule has 2 amide bonds. The molecule has 0 aliphatic heterocycles. The third-order valence-electron chi connectivity index (χ3n) is 4.06. The fourth-order valence-electron chi connectivity index (χ4n) is 2.59. The molecule has 1 aromatic rings. The van der Waals surface area contributed by atoms with Crippen molar-refractivity contribution in [3.05, 3.63) is 29.8 Å². The number of nitrogens with one attached hydrogen (secondary N) is 1. The molecular formula is C18H26FN3O4. The van der Waals surface area contributed by atoms with E-state index in [-0.39, 0.29) is 30.3 Å². The summed E-state index contributed by atoms with van der Waals surface area (Å²) in [4.78, 5) is 39.6. The lowest BCUT2D eigenvalue weighted by Crippen LogP contribution is -2.48. The van der Waals surface area contributed by atoms with Gasteiger partial charge >= 0.3 is 0 Å². The Balaban J connectivity index is 2.93. The first kappa shape index (κ1) is 21.7. The molecule has 0 aromatic carbocycles. The first-order valence-corrected chi connectivity index (χ1v) is 8.67. The minimum Gasteiger partial charge on any atom is -0.341 e. The zero-order chi connectivity index (χ0) is 19.7. The zero-order valence-electron chi connectivity index (χ0n) is 15.3. The maximum Gasteiger partial charge on any atom is 0.270 e. The maximum absolute atomic E-state index is 12.9. The van der Waals surface area contributed by atoms with E-state index in [1.807, 2.05) is 6.92 Å². The molecule has 8 heteroatoms. The highest BCUT2D eigenvalue weighted by Crippen LogP contribution is 2.17. The topological polar surface area (TPSA) is 99.6 Å². The summed E-state index contributed by atoms with van der Waals surface area (Å²) in [5.74, 6) is -2.21. The Hall–Kier alpha value is -2.35. The number of aromatic nitrogens is 1. The van der Waals surface area contributed by atoms with Gasteiger partial charge in [0.15, 0.2) is 5.78 Å². The van der Waals surface area contributed by atoms with Crippen molar-refractivity contribution in [3.63, 3.8) is 0 Å². The molecule has 144 valence electrons. The van der Waals surface area contributed by atoms with Gasteiger partial charge in [-0.15, -0.1) is 0 Å². The molecule has 0 aliphatic carbocycles. The molecule has 0 saturated carbocycles. The molecule has 1 heterocycles. The van der Waals surface area contributed by atoms with Crippen molar-refractivity contribution in [2.75, 3.05) is 6.54 Å². The monoisotopic (exact) mass is 367 g/mol. The number of halogens is 1. The van der Waals surface area contributed by atoms with Gasteiger partial charge in [-0.3, -0.25) is 19.6 Å². The molecule has 0 bridgehead atoms. The molecule has 1 rings (SSSR count). The molecule has 0 radical (unpaired) electrons. The number of rotatable bonds is 11. The number of unbranched alkanes of at least 4 members (excludes halogenated alkanes) is 1. The Labute approximate surface area is 152 Å². The van der Waals surface area contributed by atoms with Gasteiger partial charge < -0.3 is 5.32 Å². The van der Waals surface area contributed by atoms with E-state index in [0.29, 0.717) is 11.5 Å². The van der Waals surface area contributed by atoms with Crippen molar-refractivity contribution in [2.45, 2.75) is 46.1 Å². The summed E-state index contributed by atoms with van der Waals surface area (Å²) in [7, 11) is 0. The molecule has 1 aromatic heterocycles. The molecule has 0 aliphatic rings. The van der Waals surface area contributed by atoms with Crippen LogP contribution in [0.4, 0.5) is 4.39 Å². The average molecular weight is 367 g/mol. The lowest BCUT2D eigenvalue weighted by Gasteiger charge is -2.27. The van der Waals surface area contributed by atoms with Crippen LogP contribution in [0.2, 0.25) is 0 Å². The van der Waals surface area contributed by atoms with Crippen LogP contribution in [0, 0.1) is 17.7 Å². The highest BCUT2D eigenvalue weighted by atomic mass is 19.1. The van der Waals surface area contributed by atoms with Crippen LogP contribution in [-0.4, -0.2) is 45.9 Å². The Bertz CT molecular complexity index is 607. The number of carbonyl (C=O) groups excluding carboxylic acids is 3. The fourth-order valence-corrected chi connectivity index (χ4v) is 2.59. The number of ketones is 1. The maximum atomic E-state index is 12.9. The Morgan fingerprint density at radius 2 is 2.08 bits per heavy atom. The van der Waals surface area contributed by atoms with Gasteiger partial charge in [0.05, 0.1) is 18.8 Å². The summed E-state index contributed by atoms with van der Waals surface area (Å²) in [5, 5.41) is 12.5. The van der Waals surface area contributed by atoms with Crippen molar-refractivity contribution < 1.29 is 24.0 Å². The summed E-state index contributed by atoms with van der Waals surface area (Å²) in [6.45, 7) is 5.42. The van der Waals surface area contributed by atoms with Crippen LogP contribution >= 0.6 is 0 Å². The third kappa shape index (κ3) is 6.51. The van der Waals surface area contributed by atoms with Crippen LogP contribution < -0.4 is 5.32 Å². The number of Topliss-reactive ketones (excluding diaryl/α,β-unsaturated/α-hetero) is 1. The third-order valence-corrected chi connectivity index (χ3v) is 4.06. The van der Waals surface area contributed by atoms with Gasteiger partial charge in [-0.25, -0.2) is 14.4 Å². The number of carbonyl (C=O) groups is 3. The zero-order valence-corrected chi connectivity index (χ0v) is 15.3. The molecule has 0 spiro atoms. The summed E-state index contributed by atoms with van der Waals surface area (Å²) < 4.78 is 12.9. The molecule has 26 heavy (non-hydrogen) atoms.